The smallest absolute Gasteiger partial charge is 0.416 e. The van der Waals surface area contributed by atoms with Crippen LogP contribution in [0.15, 0.2) is 60.7 Å². The number of amides is 2. The van der Waals surface area contributed by atoms with E-state index in [1.165, 1.54) is 12.1 Å². The van der Waals surface area contributed by atoms with Crippen molar-refractivity contribution < 1.29 is 22.7 Å². The SMILES string of the molecule is CCOc1ccc(-c2ccc(N3CCN(C(=O)Nc4ccc(C(F)(F)F)cc4)CC3)nn2)cc1. The summed E-state index contributed by atoms with van der Waals surface area (Å²) in [7, 11) is 0. The van der Waals surface area contributed by atoms with Crippen LogP contribution in [-0.2, 0) is 6.18 Å². The molecule has 0 bridgehead atoms. The van der Waals surface area contributed by atoms with Gasteiger partial charge in [-0.15, -0.1) is 10.2 Å². The van der Waals surface area contributed by atoms with Gasteiger partial charge in [-0.3, -0.25) is 0 Å². The first kappa shape index (κ1) is 23.3. The number of nitrogens with one attached hydrogen (secondary N) is 1. The first-order valence-corrected chi connectivity index (χ1v) is 10.9. The predicted octanol–water partition coefficient (Wildman–Crippen LogP) is 4.92. The van der Waals surface area contributed by atoms with Gasteiger partial charge in [0.25, 0.3) is 0 Å². The lowest BCUT2D eigenvalue weighted by atomic mass is 10.1. The first-order valence-electron chi connectivity index (χ1n) is 10.9. The summed E-state index contributed by atoms with van der Waals surface area (Å²) in [5.41, 5.74) is 1.25. The molecule has 3 aromatic rings. The molecule has 0 radical (unpaired) electrons. The van der Waals surface area contributed by atoms with Crippen LogP contribution in [0.3, 0.4) is 0 Å². The number of benzene rings is 2. The Bertz CT molecular complexity index is 1100. The number of urea groups is 1. The summed E-state index contributed by atoms with van der Waals surface area (Å²) in [5, 5.41) is 11.3. The van der Waals surface area contributed by atoms with Gasteiger partial charge < -0.3 is 19.9 Å². The third kappa shape index (κ3) is 5.56. The van der Waals surface area contributed by atoms with Crippen LogP contribution in [0.2, 0.25) is 0 Å². The number of anilines is 2. The lowest BCUT2D eigenvalue weighted by Crippen LogP contribution is -2.50. The monoisotopic (exact) mass is 471 g/mol. The number of nitrogens with zero attached hydrogens (tertiary/aromatic N) is 4. The number of aromatic nitrogens is 2. The summed E-state index contributed by atoms with van der Waals surface area (Å²) < 4.78 is 43.5. The van der Waals surface area contributed by atoms with Crippen molar-refractivity contribution in [3.8, 4) is 17.0 Å². The molecular weight excluding hydrogens is 447 g/mol. The van der Waals surface area contributed by atoms with E-state index >= 15 is 0 Å². The molecule has 0 saturated carbocycles. The second-order valence-corrected chi connectivity index (χ2v) is 7.71. The highest BCUT2D eigenvalue weighted by atomic mass is 19.4. The number of hydrogen-bond acceptors (Lipinski definition) is 5. The normalized spacial score (nSPS) is 14.1. The Kier molecular flexibility index (Phi) is 6.85. The molecule has 1 aromatic heterocycles. The van der Waals surface area contributed by atoms with Gasteiger partial charge in [0.1, 0.15) is 5.75 Å². The van der Waals surface area contributed by atoms with Crippen LogP contribution in [-0.4, -0.2) is 53.9 Å². The maximum absolute atomic E-state index is 12.7. The van der Waals surface area contributed by atoms with Gasteiger partial charge in [-0.05, 0) is 67.6 Å². The van der Waals surface area contributed by atoms with Crippen LogP contribution in [0.5, 0.6) is 5.75 Å². The number of hydrogen-bond donors (Lipinski definition) is 1. The standard InChI is InChI=1S/C24H24F3N5O2/c1-2-34-20-9-3-17(4-10-20)21-11-12-22(30-29-21)31-13-15-32(16-14-31)23(33)28-19-7-5-18(6-8-19)24(25,26)27/h3-12H,2,13-16H2,1H3,(H,28,33). The van der Waals surface area contributed by atoms with Gasteiger partial charge >= 0.3 is 12.2 Å². The molecule has 10 heteroatoms. The summed E-state index contributed by atoms with van der Waals surface area (Å²) in [6.45, 7) is 4.58. The Labute approximate surface area is 195 Å². The minimum Gasteiger partial charge on any atom is -0.494 e. The number of alkyl halides is 3. The Balaban J connectivity index is 1.30. The van der Waals surface area contributed by atoms with Crippen molar-refractivity contribution in [2.75, 3.05) is 43.0 Å². The number of piperazine rings is 1. The van der Waals surface area contributed by atoms with Crippen molar-refractivity contribution in [1.82, 2.24) is 15.1 Å². The third-order valence-electron chi connectivity index (χ3n) is 5.47. The number of ether oxygens (including phenoxy) is 1. The van der Waals surface area contributed by atoms with Gasteiger partial charge in [0.05, 0.1) is 17.9 Å². The molecular formula is C24H24F3N5O2. The van der Waals surface area contributed by atoms with Crippen LogP contribution < -0.4 is 15.0 Å². The lowest BCUT2D eigenvalue weighted by molar-refractivity contribution is -0.137. The maximum atomic E-state index is 12.7. The lowest BCUT2D eigenvalue weighted by Gasteiger charge is -2.35. The Morgan fingerprint density at radius 1 is 0.941 bits per heavy atom. The van der Waals surface area contributed by atoms with Crippen molar-refractivity contribution in [3.63, 3.8) is 0 Å². The average Bonchev–Trinajstić information content (AvgIpc) is 2.85. The van der Waals surface area contributed by atoms with Crippen molar-refractivity contribution in [2.45, 2.75) is 13.1 Å². The summed E-state index contributed by atoms with van der Waals surface area (Å²) >= 11 is 0. The van der Waals surface area contributed by atoms with E-state index in [1.807, 2.05) is 48.2 Å². The highest BCUT2D eigenvalue weighted by molar-refractivity contribution is 5.89. The topological polar surface area (TPSA) is 70.6 Å². The molecule has 0 atom stereocenters. The van der Waals surface area contributed by atoms with E-state index in [1.54, 1.807) is 4.90 Å². The molecule has 1 fully saturated rings. The molecule has 2 aromatic carbocycles. The number of rotatable bonds is 5. The zero-order valence-corrected chi connectivity index (χ0v) is 18.5. The molecule has 1 N–H and O–H groups in total. The largest absolute Gasteiger partial charge is 0.494 e. The zero-order valence-electron chi connectivity index (χ0n) is 18.5. The zero-order chi connectivity index (χ0) is 24.1. The second-order valence-electron chi connectivity index (χ2n) is 7.71. The Hall–Kier alpha value is -3.82. The van der Waals surface area contributed by atoms with Gasteiger partial charge in [0.2, 0.25) is 0 Å². The van der Waals surface area contributed by atoms with Crippen molar-refractivity contribution in [1.29, 1.82) is 0 Å². The van der Waals surface area contributed by atoms with E-state index in [9.17, 15) is 18.0 Å². The van der Waals surface area contributed by atoms with E-state index in [-0.39, 0.29) is 6.03 Å². The van der Waals surface area contributed by atoms with E-state index in [0.717, 1.165) is 35.0 Å². The fraction of sp³-hybridized carbons (Fsp3) is 0.292. The van der Waals surface area contributed by atoms with Gasteiger partial charge in [-0.2, -0.15) is 13.2 Å². The number of carbonyl (C=O) groups excluding carboxylic acids is 1. The van der Waals surface area contributed by atoms with Crippen molar-refractivity contribution >= 4 is 17.5 Å². The van der Waals surface area contributed by atoms with Gasteiger partial charge in [-0.1, -0.05) is 0 Å². The van der Waals surface area contributed by atoms with Crippen LogP contribution in [0, 0.1) is 0 Å². The number of carbonyl (C=O) groups is 1. The molecule has 2 heterocycles. The molecule has 34 heavy (non-hydrogen) atoms. The first-order chi connectivity index (χ1) is 16.3. The summed E-state index contributed by atoms with van der Waals surface area (Å²) in [5.74, 6) is 1.52. The molecule has 178 valence electrons. The van der Waals surface area contributed by atoms with E-state index in [0.29, 0.717) is 38.5 Å². The highest BCUT2D eigenvalue weighted by Crippen LogP contribution is 2.30. The molecule has 4 rings (SSSR count). The minimum absolute atomic E-state index is 0.316. The molecule has 1 saturated heterocycles. The van der Waals surface area contributed by atoms with Gasteiger partial charge in [0.15, 0.2) is 5.82 Å². The summed E-state index contributed by atoms with van der Waals surface area (Å²) in [4.78, 5) is 16.2. The van der Waals surface area contributed by atoms with Crippen LogP contribution >= 0.6 is 0 Å². The summed E-state index contributed by atoms with van der Waals surface area (Å²) in [6.07, 6.45) is -4.41. The van der Waals surface area contributed by atoms with Gasteiger partial charge in [0, 0.05) is 37.4 Å². The van der Waals surface area contributed by atoms with Crippen LogP contribution in [0.25, 0.3) is 11.3 Å². The molecule has 0 aliphatic carbocycles. The predicted molar refractivity (Wildman–Crippen MR) is 123 cm³/mol. The average molecular weight is 471 g/mol. The van der Waals surface area contributed by atoms with Crippen LogP contribution in [0.1, 0.15) is 12.5 Å². The second kappa shape index (κ2) is 9.98. The van der Waals surface area contributed by atoms with E-state index in [4.69, 9.17) is 4.74 Å². The maximum Gasteiger partial charge on any atom is 0.416 e. The van der Waals surface area contributed by atoms with E-state index < -0.39 is 11.7 Å². The fourth-order valence-electron chi connectivity index (χ4n) is 3.62. The van der Waals surface area contributed by atoms with Gasteiger partial charge in [-0.25, -0.2) is 4.79 Å². The highest BCUT2D eigenvalue weighted by Gasteiger charge is 2.30. The number of halogens is 3. The molecule has 1 aliphatic rings. The Morgan fingerprint density at radius 2 is 1.62 bits per heavy atom. The summed E-state index contributed by atoms with van der Waals surface area (Å²) in [6, 6.07) is 15.5. The van der Waals surface area contributed by atoms with Crippen molar-refractivity contribution in [2.24, 2.45) is 0 Å². The third-order valence-corrected chi connectivity index (χ3v) is 5.47. The van der Waals surface area contributed by atoms with E-state index in [2.05, 4.69) is 15.5 Å². The molecule has 2 amide bonds. The quantitative estimate of drug-likeness (QED) is 0.572. The van der Waals surface area contributed by atoms with Crippen LogP contribution in [0.4, 0.5) is 29.5 Å². The molecule has 0 unspecified atom stereocenters. The Morgan fingerprint density at radius 3 is 2.18 bits per heavy atom. The fourth-order valence-corrected chi connectivity index (χ4v) is 3.62. The molecule has 7 nitrogen and oxygen atoms in total. The molecule has 1 aliphatic heterocycles. The molecule has 0 spiro atoms. The minimum atomic E-state index is -4.41. The van der Waals surface area contributed by atoms with Crippen molar-refractivity contribution in [3.05, 3.63) is 66.2 Å².